The molecule has 0 spiro atoms. The largest absolute Gasteiger partial charge is 0.490 e. The number of aldehydes is 1. The number of ether oxygens (including phenoxy) is 2. The van der Waals surface area contributed by atoms with Gasteiger partial charge in [0.15, 0.2) is 18.1 Å². The first-order valence-electron chi connectivity index (χ1n) is 7.23. The number of nitrogens with one attached hydrogen (secondary N) is 1. The summed E-state index contributed by atoms with van der Waals surface area (Å²) in [6.45, 7) is 2.00. The van der Waals surface area contributed by atoms with Crippen LogP contribution in [0.4, 0.5) is 5.69 Å². The van der Waals surface area contributed by atoms with Gasteiger partial charge in [-0.25, -0.2) is 0 Å². The Balaban J connectivity index is 2.08. The standard InChI is InChI=1S/C17H14Cl2INO4/c1-2-24-15-6-10(8-22)5-14(20)17(15)25-9-16(23)21-11-3-4-12(18)13(19)7-11/h3-8H,2,9H2,1H3,(H,21,23). The van der Waals surface area contributed by atoms with E-state index in [1.165, 1.54) is 0 Å². The van der Waals surface area contributed by atoms with Gasteiger partial charge >= 0.3 is 0 Å². The zero-order valence-electron chi connectivity index (χ0n) is 13.1. The Kier molecular flexibility index (Phi) is 7.34. The molecule has 0 radical (unpaired) electrons. The van der Waals surface area contributed by atoms with Crippen LogP contribution in [-0.2, 0) is 4.79 Å². The Morgan fingerprint density at radius 2 is 1.96 bits per heavy atom. The third-order valence-corrected chi connectivity index (χ3v) is 4.56. The Morgan fingerprint density at radius 3 is 2.60 bits per heavy atom. The molecule has 0 aliphatic rings. The molecule has 5 nitrogen and oxygen atoms in total. The summed E-state index contributed by atoms with van der Waals surface area (Å²) in [5.41, 5.74) is 0.986. The van der Waals surface area contributed by atoms with E-state index in [2.05, 4.69) is 5.32 Å². The predicted molar refractivity (Wildman–Crippen MR) is 106 cm³/mol. The van der Waals surface area contributed by atoms with Crippen molar-refractivity contribution in [2.24, 2.45) is 0 Å². The number of hydrogen-bond donors (Lipinski definition) is 1. The van der Waals surface area contributed by atoms with Gasteiger partial charge in [-0.1, -0.05) is 23.2 Å². The van der Waals surface area contributed by atoms with E-state index in [1.807, 2.05) is 29.5 Å². The number of carbonyl (C=O) groups is 2. The topological polar surface area (TPSA) is 64.6 Å². The maximum absolute atomic E-state index is 12.1. The number of halogens is 3. The minimum atomic E-state index is -0.365. The maximum atomic E-state index is 12.1. The Bertz CT molecular complexity index is 798. The average molecular weight is 494 g/mol. The molecule has 0 heterocycles. The van der Waals surface area contributed by atoms with Gasteiger partial charge in [-0.2, -0.15) is 0 Å². The zero-order valence-corrected chi connectivity index (χ0v) is 16.8. The van der Waals surface area contributed by atoms with Crippen molar-refractivity contribution in [3.8, 4) is 11.5 Å². The molecule has 25 heavy (non-hydrogen) atoms. The van der Waals surface area contributed by atoms with Crippen LogP contribution in [-0.4, -0.2) is 25.4 Å². The maximum Gasteiger partial charge on any atom is 0.262 e. The van der Waals surface area contributed by atoms with Crippen molar-refractivity contribution < 1.29 is 19.1 Å². The highest BCUT2D eigenvalue weighted by Gasteiger charge is 2.14. The molecule has 0 aromatic heterocycles. The minimum absolute atomic E-state index is 0.225. The third-order valence-electron chi connectivity index (χ3n) is 3.02. The van der Waals surface area contributed by atoms with E-state index in [9.17, 15) is 9.59 Å². The van der Waals surface area contributed by atoms with Gasteiger partial charge in [0.05, 0.1) is 20.2 Å². The molecule has 1 N–H and O–H groups in total. The smallest absolute Gasteiger partial charge is 0.262 e. The molecule has 0 bridgehead atoms. The molecule has 8 heteroatoms. The molecule has 1 amide bonds. The van der Waals surface area contributed by atoms with Crippen LogP contribution < -0.4 is 14.8 Å². The van der Waals surface area contributed by atoms with Gasteiger partial charge in [0.2, 0.25) is 0 Å². The van der Waals surface area contributed by atoms with Gasteiger partial charge in [-0.05, 0) is 59.8 Å². The van der Waals surface area contributed by atoms with Gasteiger partial charge in [0, 0.05) is 11.3 Å². The van der Waals surface area contributed by atoms with Crippen LogP contribution in [0.3, 0.4) is 0 Å². The number of amides is 1. The lowest BCUT2D eigenvalue weighted by Gasteiger charge is -2.14. The van der Waals surface area contributed by atoms with Crippen molar-refractivity contribution >= 4 is 63.7 Å². The van der Waals surface area contributed by atoms with Gasteiger partial charge in [-0.3, -0.25) is 9.59 Å². The molecule has 0 fully saturated rings. The molecule has 0 saturated carbocycles. The Hall–Kier alpha value is -1.51. The molecular weight excluding hydrogens is 480 g/mol. The fourth-order valence-corrected chi connectivity index (χ4v) is 3.05. The highest BCUT2D eigenvalue weighted by Crippen LogP contribution is 2.34. The molecule has 0 aliphatic heterocycles. The predicted octanol–water partition coefficient (Wildman–Crippen LogP) is 4.83. The number of carbonyl (C=O) groups excluding carboxylic acids is 2. The summed E-state index contributed by atoms with van der Waals surface area (Å²) >= 11 is 13.8. The second kappa shape index (κ2) is 9.26. The van der Waals surface area contributed by atoms with Crippen LogP contribution in [0.25, 0.3) is 0 Å². The van der Waals surface area contributed by atoms with Crippen molar-refractivity contribution in [3.63, 3.8) is 0 Å². The summed E-state index contributed by atoms with van der Waals surface area (Å²) in [7, 11) is 0. The van der Waals surface area contributed by atoms with Gasteiger partial charge in [0.1, 0.15) is 6.29 Å². The van der Waals surface area contributed by atoms with E-state index in [1.54, 1.807) is 30.3 Å². The fourth-order valence-electron chi connectivity index (χ4n) is 1.97. The molecular formula is C17H14Cl2INO4. The average Bonchev–Trinajstić information content (AvgIpc) is 2.57. The lowest BCUT2D eigenvalue weighted by atomic mass is 10.2. The van der Waals surface area contributed by atoms with E-state index in [4.69, 9.17) is 32.7 Å². The van der Waals surface area contributed by atoms with E-state index in [-0.39, 0.29) is 12.5 Å². The third kappa shape index (κ3) is 5.49. The first-order valence-corrected chi connectivity index (χ1v) is 9.07. The summed E-state index contributed by atoms with van der Waals surface area (Å²) in [6, 6.07) is 8.01. The quantitative estimate of drug-likeness (QED) is 0.443. The van der Waals surface area contributed by atoms with Crippen LogP contribution in [0.15, 0.2) is 30.3 Å². The van der Waals surface area contributed by atoms with Crippen LogP contribution in [0.2, 0.25) is 10.0 Å². The summed E-state index contributed by atoms with van der Waals surface area (Å²) in [6.07, 6.45) is 0.728. The summed E-state index contributed by atoms with van der Waals surface area (Å²) in [5, 5.41) is 3.42. The van der Waals surface area contributed by atoms with Crippen molar-refractivity contribution in [3.05, 3.63) is 49.5 Å². The number of anilines is 1. The normalized spacial score (nSPS) is 10.2. The molecule has 0 unspecified atom stereocenters. The molecule has 2 aromatic carbocycles. The first-order chi connectivity index (χ1) is 11.9. The number of rotatable bonds is 7. The lowest BCUT2D eigenvalue weighted by Crippen LogP contribution is -2.20. The van der Waals surface area contributed by atoms with E-state index in [0.717, 1.165) is 6.29 Å². The number of hydrogen-bond acceptors (Lipinski definition) is 4. The minimum Gasteiger partial charge on any atom is -0.490 e. The molecule has 2 aromatic rings. The Labute approximate surface area is 168 Å². The number of benzene rings is 2. The van der Waals surface area contributed by atoms with Crippen LogP contribution in [0, 0.1) is 3.57 Å². The van der Waals surface area contributed by atoms with Crippen LogP contribution in [0.1, 0.15) is 17.3 Å². The van der Waals surface area contributed by atoms with Crippen molar-refractivity contribution in [1.29, 1.82) is 0 Å². The van der Waals surface area contributed by atoms with Crippen molar-refractivity contribution in [1.82, 2.24) is 0 Å². The first kappa shape index (κ1) is 19.8. The molecule has 132 valence electrons. The van der Waals surface area contributed by atoms with Gasteiger partial charge in [0.25, 0.3) is 5.91 Å². The second-order valence-corrected chi connectivity index (χ2v) is 6.82. The highest BCUT2D eigenvalue weighted by molar-refractivity contribution is 14.1. The molecule has 2 rings (SSSR count). The summed E-state index contributed by atoms with van der Waals surface area (Å²) in [5.74, 6) is 0.465. The monoisotopic (exact) mass is 493 g/mol. The van der Waals surface area contributed by atoms with Crippen molar-refractivity contribution in [2.75, 3.05) is 18.5 Å². The SMILES string of the molecule is CCOc1cc(C=O)cc(I)c1OCC(=O)Nc1ccc(Cl)c(Cl)c1. The summed E-state index contributed by atoms with van der Waals surface area (Å²) in [4.78, 5) is 23.0. The van der Waals surface area contributed by atoms with Gasteiger partial charge in [-0.15, -0.1) is 0 Å². The molecule has 0 atom stereocenters. The molecule has 0 aliphatic carbocycles. The summed E-state index contributed by atoms with van der Waals surface area (Å²) < 4.78 is 11.7. The van der Waals surface area contributed by atoms with Crippen molar-refractivity contribution in [2.45, 2.75) is 6.92 Å². The van der Waals surface area contributed by atoms with E-state index in [0.29, 0.717) is 43.0 Å². The zero-order chi connectivity index (χ0) is 18.4. The van der Waals surface area contributed by atoms with Crippen LogP contribution >= 0.6 is 45.8 Å². The Morgan fingerprint density at radius 1 is 1.20 bits per heavy atom. The fraction of sp³-hybridized carbons (Fsp3) is 0.176. The van der Waals surface area contributed by atoms with Gasteiger partial charge < -0.3 is 14.8 Å². The van der Waals surface area contributed by atoms with E-state index >= 15 is 0 Å². The lowest BCUT2D eigenvalue weighted by molar-refractivity contribution is -0.118. The molecule has 0 saturated heterocycles. The highest BCUT2D eigenvalue weighted by atomic mass is 127. The van der Waals surface area contributed by atoms with Crippen LogP contribution in [0.5, 0.6) is 11.5 Å². The van der Waals surface area contributed by atoms with E-state index < -0.39 is 0 Å². The second-order valence-electron chi connectivity index (χ2n) is 4.85.